The van der Waals surface area contributed by atoms with Crippen LogP contribution in [0.25, 0.3) is 0 Å². The van der Waals surface area contributed by atoms with Crippen LogP contribution in [0, 0.1) is 13.8 Å². The normalized spacial score (nSPS) is 11.2. The highest BCUT2D eigenvalue weighted by molar-refractivity contribution is 6.46. The SMILES string of the molecule is CCCCCC/C(=N\OC(=O)OC)C(=O)c1ccc(C)cc1C. The molecule has 1 rings (SSSR count). The third-order valence-corrected chi connectivity index (χ3v) is 3.55. The topological polar surface area (TPSA) is 65.0 Å². The number of rotatable bonds is 8. The third kappa shape index (κ3) is 6.22. The quantitative estimate of drug-likeness (QED) is 0.175. The summed E-state index contributed by atoms with van der Waals surface area (Å²) in [4.78, 5) is 28.4. The van der Waals surface area contributed by atoms with Crippen molar-refractivity contribution < 1.29 is 19.2 Å². The average molecular weight is 319 g/mol. The van der Waals surface area contributed by atoms with Crippen LogP contribution < -0.4 is 0 Å². The van der Waals surface area contributed by atoms with Gasteiger partial charge in [0.2, 0.25) is 5.78 Å². The van der Waals surface area contributed by atoms with Crippen LogP contribution in [0.2, 0.25) is 0 Å². The van der Waals surface area contributed by atoms with E-state index in [1.54, 1.807) is 6.07 Å². The van der Waals surface area contributed by atoms with Crippen molar-refractivity contribution >= 4 is 17.7 Å². The van der Waals surface area contributed by atoms with Crippen LogP contribution in [0.15, 0.2) is 23.4 Å². The highest BCUT2D eigenvalue weighted by Crippen LogP contribution is 2.15. The van der Waals surface area contributed by atoms with Crippen molar-refractivity contribution in [1.29, 1.82) is 0 Å². The Morgan fingerprint density at radius 2 is 1.87 bits per heavy atom. The van der Waals surface area contributed by atoms with Crippen molar-refractivity contribution in [3.63, 3.8) is 0 Å². The monoisotopic (exact) mass is 319 g/mol. The summed E-state index contributed by atoms with van der Waals surface area (Å²) in [5.74, 6) is -0.206. The van der Waals surface area contributed by atoms with E-state index in [0.717, 1.165) is 36.8 Å². The Morgan fingerprint density at radius 3 is 2.48 bits per heavy atom. The van der Waals surface area contributed by atoms with Crippen molar-refractivity contribution in [3.8, 4) is 0 Å². The van der Waals surface area contributed by atoms with Crippen LogP contribution >= 0.6 is 0 Å². The second-order valence-electron chi connectivity index (χ2n) is 5.54. The lowest BCUT2D eigenvalue weighted by atomic mass is 9.97. The second-order valence-corrected chi connectivity index (χ2v) is 5.54. The van der Waals surface area contributed by atoms with Crippen molar-refractivity contribution in [2.24, 2.45) is 5.16 Å². The molecule has 0 fully saturated rings. The van der Waals surface area contributed by atoms with Gasteiger partial charge in [-0.1, -0.05) is 55.1 Å². The lowest BCUT2D eigenvalue weighted by molar-refractivity contribution is 0.0746. The molecule has 0 N–H and O–H groups in total. The maximum Gasteiger partial charge on any atom is 0.534 e. The van der Waals surface area contributed by atoms with Gasteiger partial charge in [0.15, 0.2) is 0 Å². The number of Topliss-reactive ketones (excluding diaryl/α,β-unsaturated/α-hetero) is 1. The molecule has 0 radical (unpaired) electrons. The molecule has 0 unspecified atom stereocenters. The summed E-state index contributed by atoms with van der Waals surface area (Å²) in [7, 11) is 1.20. The van der Waals surface area contributed by atoms with Crippen LogP contribution in [-0.2, 0) is 9.57 Å². The molecule has 0 bridgehead atoms. The number of unbranched alkanes of at least 4 members (excludes halogenated alkanes) is 3. The number of methoxy groups -OCH3 is 1. The number of aryl methyl sites for hydroxylation is 2. The van der Waals surface area contributed by atoms with Gasteiger partial charge >= 0.3 is 6.16 Å². The van der Waals surface area contributed by atoms with Crippen molar-refractivity contribution in [1.82, 2.24) is 0 Å². The predicted octanol–water partition coefficient (Wildman–Crippen LogP) is 4.60. The fourth-order valence-corrected chi connectivity index (χ4v) is 2.27. The van der Waals surface area contributed by atoms with Gasteiger partial charge in [-0.15, -0.1) is 0 Å². The number of hydrogen-bond acceptors (Lipinski definition) is 5. The van der Waals surface area contributed by atoms with Crippen LogP contribution in [0.5, 0.6) is 0 Å². The standard InChI is InChI=1S/C18H25NO4/c1-5-6-7-8-9-16(19-23-18(21)22-4)17(20)15-11-10-13(2)12-14(15)3/h10-12H,5-9H2,1-4H3/b19-16+. The zero-order chi connectivity index (χ0) is 17.2. The molecule has 0 aliphatic heterocycles. The molecule has 0 atom stereocenters. The molecule has 0 saturated heterocycles. The molecule has 0 heterocycles. The van der Waals surface area contributed by atoms with Gasteiger partial charge in [-0.25, -0.2) is 4.79 Å². The predicted molar refractivity (Wildman–Crippen MR) is 89.9 cm³/mol. The van der Waals surface area contributed by atoms with E-state index in [2.05, 4.69) is 21.7 Å². The van der Waals surface area contributed by atoms with E-state index in [0.29, 0.717) is 12.0 Å². The van der Waals surface area contributed by atoms with Crippen LogP contribution in [0.3, 0.4) is 0 Å². The Bertz CT molecular complexity index is 578. The van der Waals surface area contributed by atoms with E-state index < -0.39 is 6.16 Å². The Morgan fingerprint density at radius 1 is 1.13 bits per heavy atom. The fraction of sp³-hybridized carbons (Fsp3) is 0.500. The molecule has 0 aromatic heterocycles. The van der Waals surface area contributed by atoms with Gasteiger partial charge in [0.25, 0.3) is 0 Å². The largest absolute Gasteiger partial charge is 0.534 e. The maximum atomic E-state index is 12.7. The maximum absolute atomic E-state index is 12.7. The minimum atomic E-state index is -0.926. The van der Waals surface area contributed by atoms with Gasteiger partial charge < -0.3 is 4.74 Å². The molecule has 5 nitrogen and oxygen atoms in total. The summed E-state index contributed by atoms with van der Waals surface area (Å²) >= 11 is 0. The second kappa shape index (κ2) is 9.77. The minimum absolute atomic E-state index is 0.206. The zero-order valence-corrected chi connectivity index (χ0v) is 14.3. The van der Waals surface area contributed by atoms with Crippen LogP contribution in [0.4, 0.5) is 4.79 Å². The molecule has 0 aliphatic carbocycles. The summed E-state index contributed by atoms with van der Waals surface area (Å²) < 4.78 is 4.39. The van der Waals surface area contributed by atoms with E-state index in [1.165, 1.54) is 7.11 Å². The highest BCUT2D eigenvalue weighted by Gasteiger charge is 2.18. The fourth-order valence-electron chi connectivity index (χ4n) is 2.27. The number of nitrogens with zero attached hydrogens (tertiary/aromatic N) is 1. The van der Waals surface area contributed by atoms with Gasteiger partial charge in [0.1, 0.15) is 5.71 Å². The molecular formula is C18H25NO4. The van der Waals surface area contributed by atoms with E-state index in [1.807, 2.05) is 26.0 Å². The molecule has 23 heavy (non-hydrogen) atoms. The van der Waals surface area contributed by atoms with Gasteiger partial charge in [0.05, 0.1) is 7.11 Å². The number of oxime groups is 1. The highest BCUT2D eigenvalue weighted by atomic mass is 16.8. The Hall–Kier alpha value is -2.17. The van der Waals surface area contributed by atoms with E-state index in [-0.39, 0.29) is 11.5 Å². The molecule has 5 heteroatoms. The molecule has 0 amide bonds. The van der Waals surface area contributed by atoms with E-state index in [4.69, 9.17) is 0 Å². The number of hydrogen-bond donors (Lipinski definition) is 0. The first-order chi connectivity index (χ1) is 11.0. The van der Waals surface area contributed by atoms with Gasteiger partial charge in [-0.05, 0) is 32.3 Å². The van der Waals surface area contributed by atoms with Crippen molar-refractivity contribution in [2.45, 2.75) is 52.9 Å². The molecule has 1 aromatic rings. The lowest BCUT2D eigenvalue weighted by Crippen LogP contribution is -2.17. The van der Waals surface area contributed by atoms with Crippen molar-refractivity contribution in [3.05, 3.63) is 34.9 Å². The third-order valence-electron chi connectivity index (χ3n) is 3.55. The van der Waals surface area contributed by atoms with Gasteiger partial charge in [-0.2, -0.15) is 0 Å². The molecule has 0 spiro atoms. The summed E-state index contributed by atoms with van der Waals surface area (Å²) in [6.07, 6.45) is 3.59. The first-order valence-electron chi connectivity index (χ1n) is 7.93. The number of ketones is 1. The number of benzene rings is 1. The van der Waals surface area contributed by atoms with Gasteiger partial charge in [-0.3, -0.25) is 9.63 Å². The van der Waals surface area contributed by atoms with Crippen LogP contribution in [0.1, 0.15) is 60.5 Å². The molecule has 0 aliphatic rings. The molecular weight excluding hydrogens is 294 g/mol. The molecule has 126 valence electrons. The number of ether oxygens (including phenoxy) is 1. The van der Waals surface area contributed by atoms with E-state index in [9.17, 15) is 9.59 Å². The summed E-state index contributed by atoms with van der Waals surface area (Å²) in [6, 6.07) is 5.62. The minimum Gasteiger partial charge on any atom is -0.436 e. The molecule has 0 saturated carbocycles. The first kappa shape index (κ1) is 18.9. The Labute approximate surface area is 137 Å². The smallest absolute Gasteiger partial charge is 0.436 e. The zero-order valence-electron chi connectivity index (χ0n) is 14.3. The van der Waals surface area contributed by atoms with Crippen molar-refractivity contribution in [2.75, 3.05) is 7.11 Å². The Balaban J connectivity index is 2.92. The summed E-state index contributed by atoms with van der Waals surface area (Å²) in [6.45, 7) is 5.98. The summed E-state index contributed by atoms with van der Waals surface area (Å²) in [5, 5.41) is 3.72. The molecule has 1 aromatic carbocycles. The van der Waals surface area contributed by atoms with Crippen LogP contribution in [-0.4, -0.2) is 24.8 Å². The first-order valence-corrected chi connectivity index (χ1v) is 7.93. The van der Waals surface area contributed by atoms with Gasteiger partial charge in [0, 0.05) is 5.56 Å². The average Bonchev–Trinajstić information content (AvgIpc) is 2.53. The summed E-state index contributed by atoms with van der Waals surface area (Å²) in [5.41, 5.74) is 2.80. The number of carbonyl (C=O) groups is 2. The lowest BCUT2D eigenvalue weighted by Gasteiger charge is -2.08. The number of carbonyl (C=O) groups excluding carboxylic acids is 2. The Kier molecular flexibility index (Phi) is 8.02. The van der Waals surface area contributed by atoms with E-state index >= 15 is 0 Å².